The summed E-state index contributed by atoms with van der Waals surface area (Å²) in [6.45, 7) is 4.45. The molecule has 16 aliphatic carbocycles. The zero-order valence-electron chi connectivity index (χ0n) is 71.1. The largest absolute Gasteiger partial charge is 0.481 e. The van der Waals surface area contributed by atoms with Crippen molar-refractivity contribution in [3.8, 4) is 0 Å². The van der Waals surface area contributed by atoms with Gasteiger partial charge >= 0.3 is 47.8 Å². The summed E-state index contributed by atoms with van der Waals surface area (Å²) >= 11 is 0. The molecule has 16 rings (SSSR count). The van der Waals surface area contributed by atoms with Gasteiger partial charge in [0.15, 0.2) is 0 Å². The molecule has 24 nitrogen and oxygen atoms in total. The van der Waals surface area contributed by atoms with E-state index in [0.717, 1.165) is 98.7 Å². The fourth-order valence-electron chi connectivity index (χ4n) is 29.4. The highest BCUT2D eigenvalue weighted by molar-refractivity contribution is 5.71. The number of carboxylic acid groups (broad SMARTS) is 8. The van der Waals surface area contributed by atoms with E-state index in [9.17, 15) is 38.4 Å². The average Bonchev–Trinajstić information content (AvgIpc) is 1.32. The van der Waals surface area contributed by atoms with Gasteiger partial charge in [0, 0.05) is 0 Å². The minimum Gasteiger partial charge on any atom is -0.481 e. The first-order chi connectivity index (χ1) is 55.4. The van der Waals surface area contributed by atoms with E-state index < -0.39 is 47.8 Å². The van der Waals surface area contributed by atoms with Gasteiger partial charge < -0.3 is 86.7 Å². The maximum absolute atomic E-state index is 10.9. The number of fused-ring (bicyclic) bond motifs is 8. The third kappa shape index (κ3) is 22.4. The van der Waals surface area contributed by atoms with Crippen LogP contribution in [0.3, 0.4) is 0 Å². The first-order valence-electron chi connectivity index (χ1n) is 46.8. The van der Waals surface area contributed by atoms with E-state index >= 15 is 0 Å². The Morgan fingerprint density at radius 1 is 0.172 bits per heavy atom. The molecule has 0 radical (unpaired) electrons. The topological polar surface area (TPSA) is 507 Å². The highest BCUT2D eigenvalue weighted by Gasteiger charge is 2.60. The quantitative estimate of drug-likeness (QED) is 0.0427. The Balaban J connectivity index is 0.000000152. The Labute approximate surface area is 693 Å². The van der Waals surface area contributed by atoms with Gasteiger partial charge in [0.1, 0.15) is 0 Å². The van der Waals surface area contributed by atoms with Crippen molar-refractivity contribution in [2.75, 3.05) is 52.4 Å². The van der Waals surface area contributed by atoms with Crippen LogP contribution in [0.4, 0.5) is 0 Å². The number of carboxylic acids is 8. The number of nitrogens with two attached hydrogens (primary N) is 8. The Morgan fingerprint density at radius 2 is 0.267 bits per heavy atom. The van der Waals surface area contributed by atoms with E-state index in [1.165, 1.54) is 231 Å². The predicted molar refractivity (Wildman–Crippen MR) is 449 cm³/mol. The van der Waals surface area contributed by atoms with Gasteiger partial charge in [0.2, 0.25) is 0 Å². The second kappa shape index (κ2) is 43.0. The zero-order chi connectivity index (χ0) is 84.3. The molecule has 16 aliphatic rings. The van der Waals surface area contributed by atoms with Crippen LogP contribution >= 0.6 is 0 Å². The summed E-state index contributed by atoms with van der Waals surface area (Å²) in [5.74, 6) is 5.62. The molecule has 116 heavy (non-hydrogen) atoms. The monoisotopic (exact) mass is 1630 g/mol. The van der Waals surface area contributed by atoms with Crippen molar-refractivity contribution in [3.63, 3.8) is 0 Å². The smallest absolute Gasteiger partial charge is 0.303 e. The lowest BCUT2D eigenvalue weighted by Gasteiger charge is -2.57. The first-order valence-corrected chi connectivity index (χ1v) is 46.8. The molecule has 0 unspecified atom stereocenters. The van der Waals surface area contributed by atoms with E-state index in [4.69, 9.17) is 86.7 Å². The predicted octanol–water partition coefficient (Wildman–Crippen LogP) is 14.5. The molecule has 0 heterocycles. The van der Waals surface area contributed by atoms with E-state index in [-0.39, 0.29) is 94.7 Å². The summed E-state index contributed by atoms with van der Waals surface area (Å²) in [5, 5.41) is 71.3. The summed E-state index contributed by atoms with van der Waals surface area (Å²) in [7, 11) is 0. The third-order valence-electron chi connectivity index (χ3n) is 35.2. The Kier molecular flexibility index (Phi) is 35.3. The summed E-state index contributed by atoms with van der Waals surface area (Å²) in [4.78, 5) is 86.6. The van der Waals surface area contributed by atoms with E-state index in [0.29, 0.717) is 99.7 Å². The van der Waals surface area contributed by atoms with Crippen LogP contribution in [-0.4, -0.2) is 141 Å². The van der Waals surface area contributed by atoms with Crippen molar-refractivity contribution < 1.29 is 79.2 Å². The fourth-order valence-corrected chi connectivity index (χ4v) is 29.4. The molecule has 0 aromatic rings. The van der Waals surface area contributed by atoms with Crippen molar-refractivity contribution >= 4 is 47.8 Å². The SMILES string of the molecule is NC[C@@]1(CC(=O)O)C[C@@H]2CCCCC[C@@H]21.NC[C@@]1(CC(=O)O)C[C@@H]2CCCC[C@@H]21.NC[C@@]1(CC(=O)O)C[C@H]2CCCCC[C@H]21.NC[C@@]1(CC(=O)O)C[C@H]2CCCC[C@H]21.NC[C@]1(CC(=O)O)C[C@@H]2CCCCC[C@@H]21.NC[C@]1(CC(=O)O)C[C@@H]2CCCC[C@@H]21.NC[C@]1(CC(=O)O)C[C@H]2CCCCC[C@H]21.NC[C@]1(CC(=O)O)C[C@H]2CCCC[C@H]21. The zero-order valence-corrected chi connectivity index (χ0v) is 71.1. The Morgan fingerprint density at radius 3 is 0.371 bits per heavy atom. The number of aliphatic carboxylic acids is 8. The van der Waals surface area contributed by atoms with Crippen molar-refractivity contribution in [3.05, 3.63) is 0 Å². The maximum atomic E-state index is 10.9. The van der Waals surface area contributed by atoms with Gasteiger partial charge in [-0.2, -0.15) is 0 Å². The van der Waals surface area contributed by atoms with E-state index in [1.54, 1.807) is 0 Å². The molecule has 0 spiro atoms. The maximum Gasteiger partial charge on any atom is 0.303 e. The van der Waals surface area contributed by atoms with Crippen LogP contribution in [0.5, 0.6) is 0 Å². The number of hydrogen-bond acceptors (Lipinski definition) is 16. The molecule has 24 atom stereocenters. The minimum absolute atomic E-state index is 0.0447. The number of carbonyl (C=O) groups is 8. The van der Waals surface area contributed by atoms with Crippen LogP contribution in [0.25, 0.3) is 0 Å². The summed E-state index contributed by atoms with van der Waals surface area (Å²) < 4.78 is 0. The van der Waals surface area contributed by atoms with Crippen molar-refractivity contribution in [1.82, 2.24) is 0 Å². The first kappa shape index (κ1) is 95.3. The van der Waals surface area contributed by atoms with Gasteiger partial charge in [-0.25, -0.2) is 0 Å². The lowest BCUT2D eigenvalue weighted by Crippen LogP contribution is -2.54. The summed E-state index contributed by atoms with van der Waals surface area (Å²) in [6.07, 6.45) is 56.8. The molecule has 664 valence electrons. The van der Waals surface area contributed by atoms with Crippen molar-refractivity contribution in [2.24, 2.45) is 184 Å². The molecule has 0 bridgehead atoms. The van der Waals surface area contributed by atoms with Crippen LogP contribution in [0.2, 0.25) is 0 Å². The molecule has 0 aromatic heterocycles. The Bertz CT molecular complexity index is 2800. The van der Waals surface area contributed by atoms with E-state index in [2.05, 4.69) is 0 Å². The molecule has 0 aromatic carbocycles. The van der Waals surface area contributed by atoms with Crippen LogP contribution in [0.1, 0.15) is 334 Å². The van der Waals surface area contributed by atoms with Gasteiger partial charge in [-0.1, -0.05) is 180 Å². The molecule has 0 amide bonds. The van der Waals surface area contributed by atoms with Gasteiger partial charge in [0.05, 0.1) is 51.4 Å². The average molecular weight is 1630 g/mol. The lowest BCUT2D eigenvalue weighted by atomic mass is 9.48. The van der Waals surface area contributed by atoms with Crippen molar-refractivity contribution in [2.45, 2.75) is 334 Å². The van der Waals surface area contributed by atoms with Gasteiger partial charge in [-0.15, -0.1) is 0 Å². The van der Waals surface area contributed by atoms with Gasteiger partial charge in [-0.05, 0) is 293 Å². The van der Waals surface area contributed by atoms with Crippen LogP contribution < -0.4 is 45.9 Å². The van der Waals surface area contributed by atoms with Gasteiger partial charge in [-0.3, -0.25) is 38.4 Å². The summed E-state index contributed by atoms with van der Waals surface area (Å²) in [6, 6.07) is 0. The Hall–Kier alpha value is -4.56. The van der Waals surface area contributed by atoms with Crippen LogP contribution in [0.15, 0.2) is 0 Å². The molecule has 24 heteroatoms. The number of hydrogen-bond donors (Lipinski definition) is 16. The highest BCUT2D eigenvalue weighted by atomic mass is 16.4. The molecule has 16 saturated carbocycles. The molecule has 16 fully saturated rings. The third-order valence-corrected chi connectivity index (χ3v) is 35.2. The second-order valence-electron chi connectivity index (χ2n) is 41.4. The number of rotatable bonds is 24. The molecular weight excluding hydrogens is 1470 g/mol. The molecule has 0 aliphatic heterocycles. The normalized spacial score (nSPS) is 40.6. The molecule has 24 N–H and O–H groups in total. The van der Waals surface area contributed by atoms with Gasteiger partial charge in [0.25, 0.3) is 0 Å². The van der Waals surface area contributed by atoms with E-state index in [1.807, 2.05) is 0 Å². The van der Waals surface area contributed by atoms with Crippen LogP contribution in [0, 0.1) is 138 Å². The summed E-state index contributed by atoms with van der Waals surface area (Å²) in [5.41, 5.74) is 45.9. The van der Waals surface area contributed by atoms with Crippen LogP contribution in [-0.2, 0) is 38.4 Å². The highest BCUT2D eigenvalue weighted by Crippen LogP contribution is 2.65. The second-order valence-corrected chi connectivity index (χ2v) is 41.4. The molecule has 0 saturated heterocycles. The standard InChI is InChI=1S/4C12H21NO2.4C11H19NO2/c4*13-8-12(7-11(14)15)6-9-4-2-1-3-5-10(9)12;4*12-7-11(6-10(13)14)5-8-3-1-2-4-9(8)11/h4*9-10H,1-8,13H2,(H,14,15);4*8-9H,1-7,12H2,(H,13,14)/t2*9-,10-,12+;2*9-,10-,12-;2*8-,9-,11+;2*8-,9-,11-/m10101010/s1. The lowest BCUT2D eigenvalue weighted by molar-refractivity contribution is -0.149. The molecular formula is C92H160N8O16. The van der Waals surface area contributed by atoms with Crippen molar-refractivity contribution in [1.29, 1.82) is 0 Å². The fraction of sp³-hybridized carbons (Fsp3) is 0.913. The minimum atomic E-state index is -0.681.